The highest BCUT2D eigenvalue weighted by atomic mass is 32.2. The van der Waals surface area contributed by atoms with E-state index in [2.05, 4.69) is 26.6 Å². The third-order valence-corrected chi connectivity index (χ3v) is 10.6. The molecule has 6 atom stereocenters. The number of nitrogens with one attached hydrogen (secondary N) is 5. The smallest absolute Gasteiger partial charge is 0.246 e. The van der Waals surface area contributed by atoms with Crippen LogP contribution in [-0.2, 0) is 52.8 Å². The molecule has 1 aliphatic heterocycles. The molecule has 0 radical (unpaired) electrons. The van der Waals surface area contributed by atoms with Crippen LogP contribution in [0.4, 0.5) is 0 Å². The molecule has 0 aromatic heterocycles. The van der Waals surface area contributed by atoms with Crippen molar-refractivity contribution in [3.63, 3.8) is 0 Å². The average molecular weight is 863 g/mol. The summed E-state index contributed by atoms with van der Waals surface area (Å²) in [6, 6.07) is 14.1. The van der Waals surface area contributed by atoms with Gasteiger partial charge in [0.05, 0.1) is 19.2 Å². The van der Waals surface area contributed by atoms with Crippen LogP contribution >= 0.6 is 11.8 Å². The van der Waals surface area contributed by atoms with Crippen LogP contribution < -0.4 is 38.1 Å². The number of aromatic hydroxyl groups is 2. The molecule has 328 valence electrons. The van der Waals surface area contributed by atoms with E-state index in [9.17, 15) is 48.9 Å². The maximum Gasteiger partial charge on any atom is 0.246 e. The summed E-state index contributed by atoms with van der Waals surface area (Å²) in [6.45, 7) is -1.20. The Labute approximate surface area is 357 Å². The zero-order valence-electron chi connectivity index (χ0n) is 33.8. The van der Waals surface area contributed by atoms with E-state index in [4.69, 9.17) is 11.5 Å². The Morgan fingerprint density at radius 3 is 1.89 bits per heavy atom. The normalized spacial score (nSPS) is 15.9. The van der Waals surface area contributed by atoms with E-state index in [0.29, 0.717) is 28.9 Å². The first-order valence-corrected chi connectivity index (χ1v) is 21.1. The number of hydrogen-bond acceptors (Lipinski definition) is 12. The van der Waals surface area contributed by atoms with Crippen LogP contribution in [-0.4, -0.2) is 130 Å². The molecule has 0 bridgehead atoms. The molecule has 0 unspecified atom stereocenters. The van der Waals surface area contributed by atoms with E-state index in [0.717, 1.165) is 0 Å². The molecule has 19 heteroatoms. The largest absolute Gasteiger partial charge is 0.508 e. The van der Waals surface area contributed by atoms with Gasteiger partial charge in [-0.3, -0.25) is 33.6 Å². The van der Waals surface area contributed by atoms with Crippen LogP contribution in [0.25, 0.3) is 0 Å². The van der Waals surface area contributed by atoms with E-state index in [1.807, 2.05) is 6.26 Å². The Morgan fingerprint density at radius 2 is 1.30 bits per heavy atom. The van der Waals surface area contributed by atoms with Gasteiger partial charge in [0.1, 0.15) is 41.7 Å². The number of primary amides is 1. The second-order valence-electron chi connectivity index (χ2n) is 14.6. The fourth-order valence-corrected chi connectivity index (χ4v) is 7.15. The highest BCUT2D eigenvalue weighted by molar-refractivity contribution is 7.98. The van der Waals surface area contributed by atoms with Crippen molar-refractivity contribution in [3.8, 4) is 11.5 Å². The third kappa shape index (κ3) is 14.8. The standard InChI is InChI=1S/C42H54N8O10S/c1-61-19-17-31(47-38(56)30(43)20-26-9-13-28(52)14-10-26)40(58)48-32(21-25-6-3-2-4-7-25)39(57)45-23-36(54)46-33(22-27-11-15-29(53)16-12-27)42(60)50-18-5-8-35(50)41(59)49-34(24-51)37(44)55/h2-4,6-7,9-16,30-35,51-53H,5,8,17-24,43H2,1H3,(H2,44,55)(H,45,57)(H,46,54)(H,47,56)(H,48,58)(H,49,59)/t30-,31+,32-,33-,34-,35-/m0/s1. The van der Waals surface area contributed by atoms with E-state index in [1.54, 1.807) is 54.6 Å². The Morgan fingerprint density at radius 1 is 0.721 bits per heavy atom. The summed E-state index contributed by atoms with van der Waals surface area (Å²) in [6.07, 6.45) is 2.84. The SMILES string of the molecule is CSCC[C@@H](NC(=O)[C@@H](N)Cc1ccc(O)cc1)C(=O)N[C@@H](Cc1ccccc1)C(=O)NCC(=O)N[C@@H](Cc1ccc(O)cc1)C(=O)N1CCC[C@H]1C(=O)N[C@@H](CO)C(N)=O. The number of benzene rings is 3. The molecule has 1 fully saturated rings. The highest BCUT2D eigenvalue weighted by Gasteiger charge is 2.39. The molecule has 3 aromatic carbocycles. The summed E-state index contributed by atoms with van der Waals surface area (Å²) in [5.74, 6) is -4.48. The molecule has 12 N–H and O–H groups in total. The van der Waals surface area contributed by atoms with Crippen molar-refractivity contribution in [1.29, 1.82) is 0 Å². The van der Waals surface area contributed by atoms with E-state index in [-0.39, 0.29) is 50.1 Å². The van der Waals surface area contributed by atoms with E-state index >= 15 is 0 Å². The lowest BCUT2D eigenvalue weighted by molar-refractivity contribution is -0.142. The molecule has 3 aromatic rings. The van der Waals surface area contributed by atoms with Crippen LogP contribution in [0.1, 0.15) is 36.0 Å². The first kappa shape index (κ1) is 47.5. The summed E-state index contributed by atoms with van der Waals surface area (Å²) < 4.78 is 0. The lowest BCUT2D eigenvalue weighted by Crippen LogP contribution is -2.58. The highest BCUT2D eigenvalue weighted by Crippen LogP contribution is 2.21. The van der Waals surface area contributed by atoms with Crippen molar-refractivity contribution >= 4 is 53.1 Å². The molecule has 61 heavy (non-hydrogen) atoms. The second-order valence-corrected chi connectivity index (χ2v) is 15.6. The molecular weight excluding hydrogens is 809 g/mol. The van der Waals surface area contributed by atoms with Gasteiger partial charge in [0.15, 0.2) is 0 Å². The number of thioether (sulfide) groups is 1. The van der Waals surface area contributed by atoms with Gasteiger partial charge in [0.2, 0.25) is 41.4 Å². The molecule has 0 aliphatic carbocycles. The van der Waals surface area contributed by atoms with Crippen molar-refractivity contribution in [3.05, 3.63) is 95.6 Å². The van der Waals surface area contributed by atoms with Gasteiger partial charge in [-0.05, 0) is 78.6 Å². The number of nitrogens with zero attached hydrogens (tertiary/aromatic N) is 1. The number of carbonyl (C=O) groups excluding carboxylic acids is 7. The molecule has 0 saturated carbocycles. The zero-order chi connectivity index (χ0) is 44.5. The first-order valence-electron chi connectivity index (χ1n) is 19.7. The van der Waals surface area contributed by atoms with Crippen LogP contribution in [0.5, 0.6) is 11.5 Å². The van der Waals surface area contributed by atoms with Crippen LogP contribution in [0.3, 0.4) is 0 Å². The van der Waals surface area contributed by atoms with Gasteiger partial charge in [0, 0.05) is 19.4 Å². The maximum absolute atomic E-state index is 14.0. The van der Waals surface area contributed by atoms with Gasteiger partial charge >= 0.3 is 0 Å². The van der Waals surface area contributed by atoms with E-state index in [1.165, 1.54) is 40.9 Å². The number of likely N-dealkylation sites (tertiary alicyclic amines) is 1. The number of amides is 7. The number of aliphatic hydroxyl groups is 1. The minimum absolute atomic E-state index is 0.0215. The van der Waals surface area contributed by atoms with Crippen molar-refractivity contribution < 1.29 is 48.9 Å². The number of nitrogens with two attached hydrogens (primary N) is 2. The number of hydrogen-bond donors (Lipinski definition) is 10. The Kier molecular flexibility index (Phi) is 18.4. The Hall–Kier alpha value is -6.18. The van der Waals surface area contributed by atoms with Crippen molar-refractivity contribution in [2.45, 2.75) is 74.8 Å². The Bertz CT molecular complexity index is 1970. The first-order chi connectivity index (χ1) is 29.2. The predicted molar refractivity (Wildman–Crippen MR) is 226 cm³/mol. The van der Waals surface area contributed by atoms with Crippen molar-refractivity contribution in [1.82, 2.24) is 31.5 Å². The fourth-order valence-electron chi connectivity index (χ4n) is 6.67. The van der Waals surface area contributed by atoms with Gasteiger partial charge in [-0.2, -0.15) is 11.8 Å². The average Bonchev–Trinajstić information content (AvgIpc) is 3.74. The molecule has 1 saturated heterocycles. The minimum Gasteiger partial charge on any atom is -0.508 e. The summed E-state index contributed by atoms with van der Waals surface area (Å²) >= 11 is 1.45. The molecule has 4 rings (SSSR count). The van der Waals surface area contributed by atoms with Crippen molar-refractivity contribution in [2.75, 3.05) is 31.7 Å². The summed E-state index contributed by atoms with van der Waals surface area (Å²) in [5, 5.41) is 41.9. The summed E-state index contributed by atoms with van der Waals surface area (Å²) in [7, 11) is 0. The molecule has 0 spiro atoms. The van der Waals surface area contributed by atoms with Gasteiger partial charge in [-0.15, -0.1) is 0 Å². The minimum atomic E-state index is -1.36. The van der Waals surface area contributed by atoms with Crippen LogP contribution in [0.15, 0.2) is 78.9 Å². The second kappa shape index (κ2) is 23.6. The number of carbonyl (C=O) groups is 7. The molecule has 18 nitrogen and oxygen atoms in total. The number of phenols is 2. The monoisotopic (exact) mass is 862 g/mol. The van der Waals surface area contributed by atoms with Crippen LogP contribution in [0.2, 0.25) is 0 Å². The quantitative estimate of drug-likeness (QED) is 0.0566. The number of rotatable bonds is 22. The predicted octanol–water partition coefficient (Wildman–Crippen LogP) is -1.27. The lowest BCUT2D eigenvalue weighted by Gasteiger charge is -2.29. The molecule has 1 heterocycles. The van der Waals surface area contributed by atoms with E-state index < -0.39 is 90.8 Å². The fraction of sp³-hybridized carbons (Fsp3) is 0.405. The van der Waals surface area contributed by atoms with Gasteiger partial charge in [0.25, 0.3) is 0 Å². The van der Waals surface area contributed by atoms with Crippen molar-refractivity contribution in [2.24, 2.45) is 11.5 Å². The maximum atomic E-state index is 14.0. The Balaban J connectivity index is 1.47. The van der Waals surface area contributed by atoms with Gasteiger partial charge in [-0.25, -0.2) is 0 Å². The lowest BCUT2D eigenvalue weighted by atomic mass is 10.0. The summed E-state index contributed by atoms with van der Waals surface area (Å²) in [5.41, 5.74) is 13.4. The third-order valence-electron chi connectivity index (χ3n) is 10.0. The number of phenolic OH excluding ortho intramolecular Hbond substituents is 2. The van der Waals surface area contributed by atoms with Crippen LogP contribution in [0, 0.1) is 0 Å². The molecule has 7 amide bonds. The topological polar surface area (TPSA) is 296 Å². The van der Waals surface area contributed by atoms with Gasteiger partial charge < -0.3 is 58.3 Å². The molecule has 1 aliphatic rings. The molecular formula is C42H54N8O10S. The van der Waals surface area contributed by atoms with Gasteiger partial charge in [-0.1, -0.05) is 54.6 Å². The summed E-state index contributed by atoms with van der Waals surface area (Å²) in [4.78, 5) is 94.4. The zero-order valence-corrected chi connectivity index (χ0v) is 34.6. The number of aliphatic hydroxyl groups excluding tert-OH is 1.